The van der Waals surface area contributed by atoms with Gasteiger partial charge in [-0.25, -0.2) is 0 Å². The highest BCUT2D eigenvalue weighted by Crippen LogP contribution is 2.37. The van der Waals surface area contributed by atoms with Crippen molar-refractivity contribution in [2.45, 2.75) is 57.0 Å². The monoisotopic (exact) mass is 199 g/mol. The Morgan fingerprint density at radius 2 is 1.93 bits per heavy atom. The van der Waals surface area contributed by atoms with Crippen LogP contribution in [0.4, 0.5) is 0 Å². The molecule has 0 aliphatic heterocycles. The largest absolute Gasteiger partial charge is 0.302 e. The molecule has 1 aliphatic carbocycles. The van der Waals surface area contributed by atoms with Crippen molar-refractivity contribution < 1.29 is 0 Å². The number of hydrazine groups is 1. The Morgan fingerprint density at radius 3 is 2.29 bits per heavy atom. The van der Waals surface area contributed by atoms with E-state index in [1.807, 2.05) is 0 Å². The molecule has 14 heavy (non-hydrogen) atoms. The molecule has 0 aromatic rings. The first kappa shape index (κ1) is 12.0. The van der Waals surface area contributed by atoms with Crippen LogP contribution in [0.25, 0.3) is 0 Å². The standard InChI is InChI=1S/C11H25N3/c1-4-7-10(13-12)11(14(2)3)8-5-6-9-11/h10,13H,4-9,12H2,1-3H3. The lowest BCUT2D eigenvalue weighted by Crippen LogP contribution is -2.59. The van der Waals surface area contributed by atoms with E-state index in [1.54, 1.807) is 0 Å². The molecule has 0 heterocycles. The summed E-state index contributed by atoms with van der Waals surface area (Å²) in [5, 5.41) is 0. The molecule has 1 aliphatic rings. The van der Waals surface area contributed by atoms with Crippen molar-refractivity contribution in [1.29, 1.82) is 0 Å². The molecule has 1 rings (SSSR count). The molecule has 3 N–H and O–H groups in total. The van der Waals surface area contributed by atoms with Crippen molar-refractivity contribution in [3.05, 3.63) is 0 Å². The van der Waals surface area contributed by atoms with E-state index in [2.05, 4.69) is 31.3 Å². The molecule has 84 valence electrons. The van der Waals surface area contributed by atoms with Gasteiger partial charge in [-0.2, -0.15) is 0 Å². The Morgan fingerprint density at radius 1 is 1.36 bits per heavy atom. The van der Waals surface area contributed by atoms with E-state index in [1.165, 1.54) is 38.5 Å². The Kier molecular flexibility index (Phi) is 4.35. The van der Waals surface area contributed by atoms with Gasteiger partial charge in [-0.1, -0.05) is 26.2 Å². The number of hydrogen-bond acceptors (Lipinski definition) is 3. The van der Waals surface area contributed by atoms with Crippen molar-refractivity contribution in [1.82, 2.24) is 10.3 Å². The fourth-order valence-electron chi connectivity index (χ4n) is 2.89. The third-order valence-electron chi connectivity index (χ3n) is 3.79. The molecule has 0 radical (unpaired) electrons. The summed E-state index contributed by atoms with van der Waals surface area (Å²) >= 11 is 0. The Labute approximate surface area is 88.0 Å². The summed E-state index contributed by atoms with van der Waals surface area (Å²) in [6, 6.07) is 0.449. The zero-order valence-electron chi connectivity index (χ0n) is 9.84. The molecule has 0 bridgehead atoms. The lowest BCUT2D eigenvalue weighted by Gasteiger charge is -2.43. The van der Waals surface area contributed by atoms with Crippen LogP contribution in [0.15, 0.2) is 0 Å². The molecule has 1 fully saturated rings. The molecule has 1 saturated carbocycles. The predicted octanol–water partition coefficient (Wildman–Crippen LogP) is 1.49. The van der Waals surface area contributed by atoms with Gasteiger partial charge >= 0.3 is 0 Å². The first-order valence-electron chi connectivity index (χ1n) is 5.81. The lowest BCUT2D eigenvalue weighted by atomic mass is 9.84. The van der Waals surface area contributed by atoms with Gasteiger partial charge in [-0.05, 0) is 33.4 Å². The molecule has 0 aromatic heterocycles. The highest BCUT2D eigenvalue weighted by atomic mass is 15.3. The minimum absolute atomic E-state index is 0.310. The maximum Gasteiger partial charge on any atom is 0.0394 e. The number of likely N-dealkylation sites (N-methyl/N-ethyl adjacent to an activating group) is 1. The Hall–Kier alpha value is -0.120. The van der Waals surface area contributed by atoms with E-state index in [-0.39, 0.29) is 0 Å². The number of hydrogen-bond donors (Lipinski definition) is 2. The third kappa shape index (κ3) is 2.10. The van der Waals surface area contributed by atoms with Gasteiger partial charge < -0.3 is 4.90 Å². The molecule has 3 nitrogen and oxygen atoms in total. The van der Waals surface area contributed by atoms with E-state index >= 15 is 0 Å². The van der Waals surface area contributed by atoms with E-state index < -0.39 is 0 Å². The summed E-state index contributed by atoms with van der Waals surface area (Å²) in [4.78, 5) is 2.38. The molecule has 0 spiro atoms. The third-order valence-corrected chi connectivity index (χ3v) is 3.79. The lowest BCUT2D eigenvalue weighted by molar-refractivity contribution is 0.0996. The van der Waals surface area contributed by atoms with E-state index in [0.717, 1.165) is 0 Å². The highest BCUT2D eigenvalue weighted by Gasteiger charge is 2.42. The fraction of sp³-hybridized carbons (Fsp3) is 1.00. The van der Waals surface area contributed by atoms with Gasteiger partial charge in [0.1, 0.15) is 0 Å². The maximum atomic E-state index is 5.68. The summed E-state index contributed by atoms with van der Waals surface area (Å²) in [7, 11) is 4.37. The molecule has 0 aromatic carbocycles. The maximum absolute atomic E-state index is 5.68. The van der Waals surface area contributed by atoms with Crippen molar-refractivity contribution in [3.63, 3.8) is 0 Å². The molecule has 1 unspecified atom stereocenters. The highest BCUT2D eigenvalue weighted by molar-refractivity contribution is 5.01. The second-order valence-electron chi connectivity index (χ2n) is 4.71. The minimum Gasteiger partial charge on any atom is -0.302 e. The number of nitrogens with one attached hydrogen (secondary N) is 1. The van der Waals surface area contributed by atoms with Gasteiger partial charge in [-0.15, -0.1) is 0 Å². The molecular formula is C11H25N3. The van der Waals surface area contributed by atoms with Gasteiger partial charge in [0.05, 0.1) is 0 Å². The van der Waals surface area contributed by atoms with Crippen LogP contribution in [0.1, 0.15) is 45.4 Å². The zero-order chi connectivity index (χ0) is 10.6. The van der Waals surface area contributed by atoms with Crippen LogP contribution in [0.2, 0.25) is 0 Å². The van der Waals surface area contributed by atoms with Crippen LogP contribution in [-0.4, -0.2) is 30.6 Å². The Balaban J connectivity index is 2.73. The first-order chi connectivity index (χ1) is 6.67. The second-order valence-corrected chi connectivity index (χ2v) is 4.71. The van der Waals surface area contributed by atoms with Crippen molar-refractivity contribution in [2.75, 3.05) is 14.1 Å². The quantitative estimate of drug-likeness (QED) is 0.521. The normalized spacial score (nSPS) is 22.9. The van der Waals surface area contributed by atoms with Gasteiger partial charge in [0, 0.05) is 11.6 Å². The molecular weight excluding hydrogens is 174 g/mol. The van der Waals surface area contributed by atoms with E-state index in [9.17, 15) is 0 Å². The van der Waals surface area contributed by atoms with Gasteiger partial charge in [0.15, 0.2) is 0 Å². The van der Waals surface area contributed by atoms with E-state index in [0.29, 0.717) is 11.6 Å². The van der Waals surface area contributed by atoms with Crippen LogP contribution < -0.4 is 11.3 Å². The average molecular weight is 199 g/mol. The molecule has 0 saturated heterocycles. The summed E-state index contributed by atoms with van der Waals surface area (Å²) < 4.78 is 0. The summed E-state index contributed by atoms with van der Waals surface area (Å²) in [6.45, 7) is 2.22. The van der Waals surface area contributed by atoms with Gasteiger partial charge in [-0.3, -0.25) is 11.3 Å². The summed E-state index contributed by atoms with van der Waals surface area (Å²) in [5.74, 6) is 5.68. The van der Waals surface area contributed by atoms with Crippen molar-refractivity contribution in [2.24, 2.45) is 5.84 Å². The number of nitrogens with two attached hydrogens (primary N) is 1. The van der Waals surface area contributed by atoms with Crippen LogP contribution in [0, 0.1) is 0 Å². The fourth-order valence-corrected chi connectivity index (χ4v) is 2.89. The zero-order valence-corrected chi connectivity index (χ0v) is 9.84. The summed E-state index contributed by atoms with van der Waals surface area (Å²) in [5.41, 5.74) is 3.34. The molecule has 3 heteroatoms. The molecule has 1 atom stereocenters. The van der Waals surface area contributed by atoms with Gasteiger partial charge in [0.25, 0.3) is 0 Å². The van der Waals surface area contributed by atoms with Crippen LogP contribution >= 0.6 is 0 Å². The topological polar surface area (TPSA) is 41.3 Å². The minimum atomic E-state index is 0.310. The first-order valence-corrected chi connectivity index (χ1v) is 5.81. The predicted molar refractivity (Wildman–Crippen MR) is 60.9 cm³/mol. The van der Waals surface area contributed by atoms with Crippen LogP contribution in [0.5, 0.6) is 0 Å². The molecule has 0 amide bonds. The summed E-state index contributed by atoms with van der Waals surface area (Å²) in [6.07, 6.45) is 7.64. The SMILES string of the molecule is CCCC(NN)C1(N(C)C)CCCC1. The second kappa shape index (κ2) is 5.10. The number of nitrogens with zero attached hydrogens (tertiary/aromatic N) is 1. The van der Waals surface area contributed by atoms with Crippen molar-refractivity contribution >= 4 is 0 Å². The van der Waals surface area contributed by atoms with Crippen LogP contribution in [-0.2, 0) is 0 Å². The van der Waals surface area contributed by atoms with Crippen molar-refractivity contribution in [3.8, 4) is 0 Å². The number of rotatable bonds is 5. The smallest absolute Gasteiger partial charge is 0.0394 e. The van der Waals surface area contributed by atoms with Gasteiger partial charge in [0.2, 0.25) is 0 Å². The average Bonchev–Trinajstić information content (AvgIpc) is 2.64. The van der Waals surface area contributed by atoms with Crippen LogP contribution in [0.3, 0.4) is 0 Å². The van der Waals surface area contributed by atoms with E-state index in [4.69, 9.17) is 5.84 Å². The Bertz CT molecular complexity index is 162.